The number of carbonyl (C=O) groups excluding carboxylic acids is 2. The van der Waals surface area contributed by atoms with Gasteiger partial charge in [-0.3, -0.25) is 20.4 Å². The number of nitrogens with one attached hydrogen (secondary N) is 2. The molecule has 0 bridgehead atoms. The van der Waals surface area contributed by atoms with Crippen molar-refractivity contribution in [2.75, 3.05) is 0 Å². The van der Waals surface area contributed by atoms with Crippen molar-refractivity contribution < 1.29 is 27.2 Å². The molecule has 30 heavy (non-hydrogen) atoms. The number of carbonyl (C=O) groups is 2. The zero-order valence-corrected chi connectivity index (χ0v) is 15.8. The van der Waals surface area contributed by atoms with Crippen LogP contribution >= 0.6 is 11.6 Å². The van der Waals surface area contributed by atoms with E-state index in [1.54, 1.807) is 0 Å². The highest BCUT2D eigenvalue weighted by molar-refractivity contribution is 6.30. The Hall–Kier alpha value is -3.40. The van der Waals surface area contributed by atoms with E-state index in [-0.39, 0.29) is 17.1 Å². The molecule has 0 fully saturated rings. The minimum Gasteiger partial charge on any atom is -0.273 e. The summed E-state index contributed by atoms with van der Waals surface area (Å²) in [5.41, 5.74) is 2.30. The van der Waals surface area contributed by atoms with Crippen LogP contribution < -0.4 is 10.9 Å². The van der Waals surface area contributed by atoms with Crippen molar-refractivity contribution in [2.24, 2.45) is 0 Å². The van der Waals surface area contributed by atoms with Crippen LogP contribution in [0.4, 0.5) is 17.6 Å². The number of hydrogen-bond acceptors (Lipinski definition) is 3. The summed E-state index contributed by atoms with van der Waals surface area (Å²) in [4.78, 5) is 24.2. The van der Waals surface area contributed by atoms with Gasteiger partial charge in [0.1, 0.15) is 5.82 Å². The van der Waals surface area contributed by atoms with E-state index < -0.39 is 35.1 Å². The topological polar surface area (TPSA) is 76.0 Å². The number of hydrazine groups is 1. The maximum absolute atomic E-state index is 13.6. The second kappa shape index (κ2) is 8.54. The lowest BCUT2D eigenvalue weighted by Crippen LogP contribution is -2.42. The zero-order valence-electron chi connectivity index (χ0n) is 15.0. The Labute approximate surface area is 172 Å². The number of alkyl halides is 3. The molecule has 0 saturated heterocycles. The molecular weight excluding hydrogens is 428 g/mol. The zero-order chi connectivity index (χ0) is 21.9. The van der Waals surface area contributed by atoms with Gasteiger partial charge < -0.3 is 0 Å². The first-order valence-corrected chi connectivity index (χ1v) is 8.78. The maximum atomic E-state index is 13.6. The van der Waals surface area contributed by atoms with Crippen molar-refractivity contribution in [3.8, 4) is 5.69 Å². The van der Waals surface area contributed by atoms with Crippen molar-refractivity contribution in [1.82, 2.24) is 20.6 Å². The second-order valence-corrected chi connectivity index (χ2v) is 6.54. The summed E-state index contributed by atoms with van der Waals surface area (Å²) in [5.74, 6) is -2.39. The monoisotopic (exact) mass is 440 g/mol. The Bertz CT molecular complexity index is 1080. The number of rotatable bonds is 4. The molecule has 11 heteroatoms. The molecular formula is C19H13ClF4N4O2. The van der Waals surface area contributed by atoms with Gasteiger partial charge in [-0.05, 0) is 35.9 Å². The molecule has 0 atom stereocenters. The van der Waals surface area contributed by atoms with Crippen LogP contribution in [-0.4, -0.2) is 21.6 Å². The van der Waals surface area contributed by atoms with Crippen LogP contribution in [0, 0.1) is 5.82 Å². The second-order valence-electron chi connectivity index (χ2n) is 6.10. The van der Waals surface area contributed by atoms with E-state index >= 15 is 0 Å². The molecule has 0 unspecified atom stereocenters. The lowest BCUT2D eigenvalue weighted by molar-refractivity contribution is -0.143. The van der Waals surface area contributed by atoms with Crippen LogP contribution in [0.3, 0.4) is 0 Å². The first-order chi connectivity index (χ1) is 14.1. The summed E-state index contributed by atoms with van der Waals surface area (Å²) < 4.78 is 54.3. The quantitative estimate of drug-likeness (QED) is 0.480. The van der Waals surface area contributed by atoms with Crippen LogP contribution in [0.1, 0.15) is 21.6 Å². The fourth-order valence-corrected chi connectivity index (χ4v) is 2.80. The Morgan fingerprint density at radius 2 is 1.77 bits per heavy atom. The first-order valence-electron chi connectivity index (χ1n) is 8.40. The summed E-state index contributed by atoms with van der Waals surface area (Å²) in [6.45, 7) is 0. The fraction of sp³-hybridized carbons (Fsp3) is 0.105. The molecule has 2 amide bonds. The molecule has 0 aliphatic carbocycles. The van der Waals surface area contributed by atoms with Crippen molar-refractivity contribution in [1.29, 1.82) is 0 Å². The van der Waals surface area contributed by atoms with Gasteiger partial charge in [0.15, 0.2) is 5.69 Å². The van der Waals surface area contributed by atoms with Gasteiger partial charge in [-0.2, -0.15) is 18.3 Å². The number of halogens is 5. The van der Waals surface area contributed by atoms with E-state index in [9.17, 15) is 27.2 Å². The van der Waals surface area contributed by atoms with Crippen molar-refractivity contribution in [3.63, 3.8) is 0 Å². The molecule has 6 nitrogen and oxygen atoms in total. The number of hydrogen-bond donors (Lipinski definition) is 2. The molecule has 0 aliphatic rings. The fourth-order valence-electron chi connectivity index (χ4n) is 2.62. The van der Waals surface area contributed by atoms with Gasteiger partial charge in [0.05, 0.1) is 23.9 Å². The molecule has 3 aromatic rings. The molecule has 2 aromatic carbocycles. The van der Waals surface area contributed by atoms with Crippen LogP contribution in [0.2, 0.25) is 5.02 Å². The lowest BCUT2D eigenvalue weighted by Gasteiger charge is -2.13. The normalized spacial score (nSPS) is 11.2. The Kier molecular flexibility index (Phi) is 6.06. The lowest BCUT2D eigenvalue weighted by atomic mass is 10.1. The molecule has 2 N–H and O–H groups in total. The van der Waals surface area contributed by atoms with Gasteiger partial charge in [-0.1, -0.05) is 29.8 Å². The van der Waals surface area contributed by atoms with E-state index in [4.69, 9.17) is 11.6 Å². The molecule has 1 heterocycles. The van der Waals surface area contributed by atoms with Crippen molar-refractivity contribution in [2.45, 2.75) is 12.6 Å². The van der Waals surface area contributed by atoms with Crippen LogP contribution in [-0.2, 0) is 17.4 Å². The summed E-state index contributed by atoms with van der Waals surface area (Å²) in [7, 11) is 0. The molecule has 156 valence electrons. The molecule has 1 aromatic heterocycles. The predicted molar refractivity (Wildman–Crippen MR) is 99.3 cm³/mol. The number of benzene rings is 2. The highest BCUT2D eigenvalue weighted by Gasteiger charge is 2.40. The number of aromatic nitrogens is 2. The van der Waals surface area contributed by atoms with Gasteiger partial charge in [0.2, 0.25) is 5.91 Å². The standard InChI is InChI=1S/C19H13ClF4N4O2/c20-12-2-1-3-14(9-12)28-17(19(22,23)24)15(10-25-28)18(30)27-26-16(29)8-11-4-6-13(21)7-5-11/h1-7,9-10H,8H2,(H,26,29)(H,27,30). The average molecular weight is 441 g/mol. The third-order valence-electron chi connectivity index (χ3n) is 3.93. The van der Waals surface area contributed by atoms with Gasteiger partial charge >= 0.3 is 6.18 Å². The smallest absolute Gasteiger partial charge is 0.273 e. The Morgan fingerprint density at radius 3 is 2.40 bits per heavy atom. The summed E-state index contributed by atoms with van der Waals surface area (Å²) in [6.07, 6.45) is -4.39. The van der Waals surface area contributed by atoms with Gasteiger partial charge in [0, 0.05) is 5.02 Å². The largest absolute Gasteiger partial charge is 0.434 e. The number of nitrogens with zero attached hydrogens (tertiary/aromatic N) is 2. The minimum absolute atomic E-state index is 0.00854. The molecule has 0 spiro atoms. The van der Waals surface area contributed by atoms with Crippen molar-refractivity contribution in [3.05, 3.63) is 82.4 Å². The molecule has 0 saturated carbocycles. The Balaban J connectivity index is 1.77. The van der Waals surface area contributed by atoms with E-state index in [0.717, 1.165) is 18.3 Å². The summed E-state index contributed by atoms with van der Waals surface area (Å²) in [5, 5.41) is 3.84. The van der Waals surface area contributed by atoms with Crippen LogP contribution in [0.15, 0.2) is 54.7 Å². The first kappa shape index (κ1) is 21.3. The van der Waals surface area contributed by atoms with Gasteiger partial charge in [-0.25, -0.2) is 9.07 Å². The predicted octanol–water partition coefficient (Wildman–Crippen LogP) is 3.69. The van der Waals surface area contributed by atoms with Gasteiger partial charge in [0.25, 0.3) is 5.91 Å². The van der Waals surface area contributed by atoms with E-state index in [0.29, 0.717) is 10.2 Å². The average Bonchev–Trinajstić information content (AvgIpc) is 3.14. The highest BCUT2D eigenvalue weighted by Crippen LogP contribution is 2.34. The Morgan fingerprint density at radius 1 is 1.07 bits per heavy atom. The summed E-state index contributed by atoms with van der Waals surface area (Å²) >= 11 is 5.82. The number of amides is 2. The highest BCUT2D eigenvalue weighted by atomic mass is 35.5. The van der Waals surface area contributed by atoms with E-state index in [1.807, 2.05) is 10.9 Å². The molecule has 0 aliphatic heterocycles. The third-order valence-corrected chi connectivity index (χ3v) is 4.16. The van der Waals surface area contributed by atoms with Crippen molar-refractivity contribution >= 4 is 23.4 Å². The third kappa shape index (κ3) is 4.95. The maximum Gasteiger partial charge on any atom is 0.434 e. The van der Waals surface area contributed by atoms with E-state index in [2.05, 4.69) is 5.10 Å². The molecule has 0 radical (unpaired) electrons. The van der Waals surface area contributed by atoms with Crippen LogP contribution in [0.5, 0.6) is 0 Å². The molecule has 3 rings (SSSR count). The van der Waals surface area contributed by atoms with E-state index in [1.165, 1.54) is 36.4 Å². The SMILES string of the molecule is O=C(Cc1ccc(F)cc1)NNC(=O)c1cnn(-c2cccc(Cl)c2)c1C(F)(F)F. The minimum atomic E-state index is -4.91. The van der Waals surface area contributed by atoms with Crippen LogP contribution in [0.25, 0.3) is 5.69 Å². The van der Waals surface area contributed by atoms with Gasteiger partial charge in [-0.15, -0.1) is 0 Å². The summed E-state index contributed by atoms with van der Waals surface area (Å²) in [6, 6.07) is 10.6.